The van der Waals surface area contributed by atoms with Crippen molar-refractivity contribution in [1.29, 1.82) is 0 Å². The van der Waals surface area contributed by atoms with E-state index in [9.17, 15) is 18.3 Å². The standard InChI is InChI=1S/C25H42O4S/c1-3-5-6-7-8-9-10-11-12-13-14-15-16-18-22-19-17-20-23(21-22)30(28,29)24(4-2)25(26)27/h17,19-21,24H,3-16,18H2,1-2H3,(H,26,27). The fraction of sp³-hybridized carbons (Fsp3) is 0.720. The topological polar surface area (TPSA) is 71.4 Å². The molecule has 0 saturated heterocycles. The molecular weight excluding hydrogens is 396 g/mol. The number of carboxylic acid groups (broad SMARTS) is 1. The molecule has 1 aromatic rings. The van der Waals surface area contributed by atoms with Gasteiger partial charge in [-0.05, 0) is 37.0 Å². The minimum absolute atomic E-state index is 0.0702. The molecule has 4 nitrogen and oxygen atoms in total. The van der Waals surface area contributed by atoms with Gasteiger partial charge in [0.15, 0.2) is 15.1 Å². The number of carboxylic acids is 1. The average molecular weight is 439 g/mol. The minimum Gasteiger partial charge on any atom is -0.480 e. The van der Waals surface area contributed by atoms with Crippen LogP contribution in [0.1, 0.15) is 109 Å². The molecule has 0 radical (unpaired) electrons. The first-order chi connectivity index (χ1) is 14.4. The van der Waals surface area contributed by atoms with Gasteiger partial charge in [-0.2, -0.15) is 0 Å². The Morgan fingerprint density at radius 3 is 1.80 bits per heavy atom. The number of unbranched alkanes of at least 4 members (excludes halogenated alkanes) is 12. The van der Waals surface area contributed by atoms with Gasteiger partial charge in [0, 0.05) is 0 Å². The van der Waals surface area contributed by atoms with Crippen LogP contribution in [0.2, 0.25) is 0 Å². The molecule has 0 aliphatic rings. The molecule has 0 spiro atoms. The lowest BCUT2D eigenvalue weighted by molar-refractivity contribution is -0.136. The molecule has 1 aromatic carbocycles. The number of hydrogen-bond donors (Lipinski definition) is 1. The van der Waals surface area contributed by atoms with Crippen LogP contribution in [-0.2, 0) is 21.1 Å². The molecule has 0 amide bonds. The van der Waals surface area contributed by atoms with E-state index in [0.29, 0.717) is 0 Å². The molecule has 0 aliphatic carbocycles. The third-order valence-corrected chi connectivity index (χ3v) is 8.01. The smallest absolute Gasteiger partial charge is 0.322 e. The second kappa shape index (κ2) is 15.4. The second-order valence-electron chi connectivity index (χ2n) is 8.42. The van der Waals surface area contributed by atoms with E-state index in [1.54, 1.807) is 19.1 Å². The Morgan fingerprint density at radius 2 is 1.33 bits per heavy atom. The predicted octanol–water partition coefficient (Wildman–Crippen LogP) is 6.96. The lowest BCUT2D eigenvalue weighted by atomic mass is 10.0. The quantitative estimate of drug-likeness (QED) is 0.252. The molecule has 0 saturated carbocycles. The number of benzene rings is 1. The summed E-state index contributed by atoms with van der Waals surface area (Å²) in [5.74, 6) is -1.28. The predicted molar refractivity (Wildman–Crippen MR) is 125 cm³/mol. The summed E-state index contributed by atoms with van der Waals surface area (Å²) in [6.07, 6.45) is 17.9. The molecule has 0 bridgehead atoms. The van der Waals surface area contributed by atoms with Crippen molar-refractivity contribution in [1.82, 2.24) is 0 Å². The summed E-state index contributed by atoms with van der Waals surface area (Å²) in [4.78, 5) is 11.4. The molecule has 1 rings (SSSR count). The second-order valence-corrected chi connectivity index (χ2v) is 10.6. The first kappa shape index (κ1) is 26.7. The Labute approximate surface area is 184 Å². The van der Waals surface area contributed by atoms with Crippen molar-refractivity contribution < 1.29 is 18.3 Å². The van der Waals surface area contributed by atoms with Crippen LogP contribution >= 0.6 is 0 Å². The van der Waals surface area contributed by atoms with Crippen molar-refractivity contribution in [3.63, 3.8) is 0 Å². The van der Waals surface area contributed by atoms with Crippen molar-refractivity contribution in [3.05, 3.63) is 29.8 Å². The zero-order chi connectivity index (χ0) is 22.2. The van der Waals surface area contributed by atoms with Gasteiger partial charge in [0.05, 0.1) is 4.90 Å². The van der Waals surface area contributed by atoms with E-state index in [-0.39, 0.29) is 11.3 Å². The molecule has 30 heavy (non-hydrogen) atoms. The molecule has 5 heteroatoms. The van der Waals surface area contributed by atoms with Gasteiger partial charge < -0.3 is 5.11 Å². The first-order valence-electron chi connectivity index (χ1n) is 12.0. The molecule has 1 atom stereocenters. The van der Waals surface area contributed by atoms with Gasteiger partial charge in [-0.15, -0.1) is 0 Å². The van der Waals surface area contributed by atoms with Crippen molar-refractivity contribution in [2.45, 2.75) is 120 Å². The van der Waals surface area contributed by atoms with Gasteiger partial charge in [0.2, 0.25) is 0 Å². The lowest BCUT2D eigenvalue weighted by Crippen LogP contribution is -2.29. The SMILES string of the molecule is CCCCCCCCCCCCCCCc1cccc(S(=O)(=O)C(CC)C(=O)O)c1. The fourth-order valence-electron chi connectivity index (χ4n) is 3.92. The first-order valence-corrected chi connectivity index (χ1v) is 13.5. The van der Waals surface area contributed by atoms with Gasteiger partial charge in [-0.25, -0.2) is 8.42 Å². The van der Waals surface area contributed by atoms with Gasteiger partial charge in [0.25, 0.3) is 0 Å². The van der Waals surface area contributed by atoms with E-state index >= 15 is 0 Å². The van der Waals surface area contributed by atoms with Crippen LogP contribution in [0.4, 0.5) is 0 Å². The molecule has 1 unspecified atom stereocenters. The zero-order valence-corrected chi connectivity index (χ0v) is 19.9. The monoisotopic (exact) mass is 438 g/mol. The van der Waals surface area contributed by atoms with Crippen molar-refractivity contribution in [2.75, 3.05) is 0 Å². The number of hydrogen-bond acceptors (Lipinski definition) is 3. The number of aryl methyl sites for hydroxylation is 1. The van der Waals surface area contributed by atoms with Crippen LogP contribution in [0, 0.1) is 0 Å². The number of rotatable bonds is 18. The van der Waals surface area contributed by atoms with Crippen molar-refractivity contribution in [2.24, 2.45) is 0 Å². The van der Waals surface area contributed by atoms with E-state index in [4.69, 9.17) is 0 Å². The molecule has 0 aromatic heterocycles. The third kappa shape index (κ3) is 10.1. The Bertz CT molecular complexity index is 697. The minimum atomic E-state index is -3.83. The van der Waals surface area contributed by atoms with E-state index < -0.39 is 21.1 Å². The summed E-state index contributed by atoms with van der Waals surface area (Å²) >= 11 is 0. The maximum atomic E-state index is 12.6. The summed E-state index contributed by atoms with van der Waals surface area (Å²) in [5, 5.41) is 7.82. The molecule has 0 heterocycles. The third-order valence-electron chi connectivity index (χ3n) is 5.82. The zero-order valence-electron chi connectivity index (χ0n) is 19.1. The van der Waals surface area contributed by atoms with Crippen molar-refractivity contribution in [3.8, 4) is 0 Å². The van der Waals surface area contributed by atoms with Crippen LogP contribution in [0.5, 0.6) is 0 Å². The number of aliphatic carboxylic acids is 1. The molecule has 172 valence electrons. The van der Waals surface area contributed by atoms with Crippen LogP contribution in [-0.4, -0.2) is 24.7 Å². The van der Waals surface area contributed by atoms with Crippen LogP contribution in [0.25, 0.3) is 0 Å². The Kier molecular flexibility index (Phi) is 13.7. The van der Waals surface area contributed by atoms with E-state index in [1.807, 2.05) is 6.07 Å². The van der Waals surface area contributed by atoms with E-state index in [1.165, 1.54) is 76.7 Å². The summed E-state index contributed by atoms with van der Waals surface area (Å²) in [7, 11) is -3.83. The van der Waals surface area contributed by atoms with Gasteiger partial charge in [-0.1, -0.05) is 103 Å². The summed E-state index contributed by atoms with van der Waals surface area (Å²) in [5.41, 5.74) is 0.972. The fourth-order valence-corrected chi connectivity index (χ4v) is 5.53. The highest BCUT2D eigenvalue weighted by molar-refractivity contribution is 7.92. The lowest BCUT2D eigenvalue weighted by Gasteiger charge is -2.12. The highest BCUT2D eigenvalue weighted by Crippen LogP contribution is 2.21. The largest absolute Gasteiger partial charge is 0.480 e. The highest BCUT2D eigenvalue weighted by atomic mass is 32.2. The molecule has 0 fully saturated rings. The van der Waals surface area contributed by atoms with Crippen LogP contribution in [0.3, 0.4) is 0 Å². The molecular formula is C25H42O4S. The Hall–Kier alpha value is -1.36. The molecule has 1 N–H and O–H groups in total. The molecule has 0 aliphatic heterocycles. The highest BCUT2D eigenvalue weighted by Gasteiger charge is 2.32. The van der Waals surface area contributed by atoms with Crippen molar-refractivity contribution >= 4 is 15.8 Å². The van der Waals surface area contributed by atoms with Crippen LogP contribution in [0.15, 0.2) is 29.2 Å². The number of carbonyl (C=O) groups is 1. The summed E-state index contributed by atoms with van der Waals surface area (Å²) in [6.45, 7) is 3.85. The summed E-state index contributed by atoms with van der Waals surface area (Å²) < 4.78 is 25.1. The van der Waals surface area contributed by atoms with E-state index in [0.717, 1.165) is 24.8 Å². The number of sulfone groups is 1. The Balaban J connectivity index is 2.23. The van der Waals surface area contributed by atoms with Gasteiger partial charge in [0.1, 0.15) is 0 Å². The summed E-state index contributed by atoms with van der Waals surface area (Å²) in [6, 6.07) is 6.82. The van der Waals surface area contributed by atoms with Gasteiger partial charge in [-0.3, -0.25) is 4.79 Å². The van der Waals surface area contributed by atoms with E-state index in [2.05, 4.69) is 6.92 Å². The normalized spacial score (nSPS) is 12.7. The maximum absolute atomic E-state index is 12.6. The average Bonchev–Trinajstić information content (AvgIpc) is 2.71. The van der Waals surface area contributed by atoms with Crippen LogP contribution < -0.4 is 0 Å². The maximum Gasteiger partial charge on any atom is 0.322 e. The Morgan fingerprint density at radius 1 is 0.833 bits per heavy atom. The van der Waals surface area contributed by atoms with Gasteiger partial charge >= 0.3 is 5.97 Å².